The second-order valence-electron chi connectivity index (χ2n) is 6.59. The van der Waals surface area contributed by atoms with Gasteiger partial charge in [-0.15, -0.1) is 0 Å². The van der Waals surface area contributed by atoms with E-state index >= 15 is 0 Å². The Labute approximate surface area is 118 Å². The molecule has 1 rings (SSSR count). The highest BCUT2D eigenvalue weighted by Gasteiger charge is 2.43. The number of hydrogen-bond acceptors (Lipinski definition) is 2. The van der Waals surface area contributed by atoms with Gasteiger partial charge in [0.1, 0.15) is 0 Å². The quantitative estimate of drug-likeness (QED) is 0.733. The van der Waals surface area contributed by atoms with Crippen molar-refractivity contribution >= 4 is 5.91 Å². The molecule has 3 heteroatoms. The predicted octanol–water partition coefficient (Wildman–Crippen LogP) is 3.74. The molecule has 19 heavy (non-hydrogen) atoms. The van der Waals surface area contributed by atoms with Crippen LogP contribution in [0.5, 0.6) is 0 Å². The summed E-state index contributed by atoms with van der Waals surface area (Å²) in [7, 11) is 0. The van der Waals surface area contributed by atoms with Crippen LogP contribution in [0.1, 0.15) is 66.2 Å². The van der Waals surface area contributed by atoms with Gasteiger partial charge in [0, 0.05) is 18.0 Å². The Bertz CT molecular complexity index is 335. The van der Waals surface area contributed by atoms with Crippen molar-refractivity contribution < 1.29 is 4.79 Å². The van der Waals surface area contributed by atoms with Gasteiger partial charge in [-0.05, 0) is 39.0 Å². The molecule has 3 nitrogen and oxygen atoms in total. The van der Waals surface area contributed by atoms with Crippen LogP contribution in [0, 0.1) is 22.7 Å². The zero-order valence-electron chi connectivity index (χ0n) is 12.9. The standard InChI is InChI=1S/C16H28N2O/c1-13(2)12-16(8-5-6-9-16)15(19)18(14(3)4)11-7-10-17/h13-14H,5-9,11-12H2,1-4H3. The molecule has 0 N–H and O–H groups in total. The first-order chi connectivity index (χ1) is 8.93. The fourth-order valence-corrected chi connectivity index (χ4v) is 3.41. The van der Waals surface area contributed by atoms with Crippen LogP contribution >= 0.6 is 0 Å². The van der Waals surface area contributed by atoms with Crippen molar-refractivity contribution in [3.63, 3.8) is 0 Å². The van der Waals surface area contributed by atoms with Gasteiger partial charge in [0.25, 0.3) is 0 Å². The molecule has 0 spiro atoms. The normalized spacial score (nSPS) is 17.7. The van der Waals surface area contributed by atoms with Crippen molar-refractivity contribution in [1.29, 1.82) is 5.26 Å². The molecule has 0 saturated heterocycles. The Morgan fingerprint density at radius 3 is 2.26 bits per heavy atom. The van der Waals surface area contributed by atoms with Gasteiger partial charge in [-0.1, -0.05) is 26.7 Å². The van der Waals surface area contributed by atoms with Crippen LogP contribution in [-0.2, 0) is 4.79 Å². The van der Waals surface area contributed by atoms with Crippen LogP contribution in [0.15, 0.2) is 0 Å². The molecule has 0 aromatic rings. The summed E-state index contributed by atoms with van der Waals surface area (Å²) in [6.07, 6.45) is 5.81. The number of amides is 1. The Balaban J connectivity index is 2.87. The SMILES string of the molecule is CC(C)CC1(C(=O)N(CCC#N)C(C)C)CCCC1. The maximum atomic E-state index is 13.0. The Hall–Kier alpha value is -1.04. The summed E-state index contributed by atoms with van der Waals surface area (Å²) >= 11 is 0. The summed E-state index contributed by atoms with van der Waals surface area (Å²) in [4.78, 5) is 14.9. The van der Waals surface area contributed by atoms with Crippen LogP contribution < -0.4 is 0 Å². The van der Waals surface area contributed by atoms with Gasteiger partial charge < -0.3 is 4.90 Å². The lowest BCUT2D eigenvalue weighted by Crippen LogP contribution is -2.47. The summed E-state index contributed by atoms with van der Waals surface area (Å²) < 4.78 is 0. The van der Waals surface area contributed by atoms with Gasteiger partial charge in [0.2, 0.25) is 5.91 Å². The monoisotopic (exact) mass is 264 g/mol. The summed E-state index contributed by atoms with van der Waals surface area (Å²) in [5.41, 5.74) is -0.145. The summed E-state index contributed by atoms with van der Waals surface area (Å²) in [6, 6.07) is 2.34. The van der Waals surface area contributed by atoms with E-state index in [9.17, 15) is 4.79 Å². The molecule has 1 aliphatic rings. The molecular formula is C16H28N2O. The molecule has 0 atom stereocenters. The van der Waals surface area contributed by atoms with E-state index in [0.29, 0.717) is 24.8 Å². The van der Waals surface area contributed by atoms with E-state index in [1.165, 1.54) is 12.8 Å². The van der Waals surface area contributed by atoms with Gasteiger partial charge in [-0.2, -0.15) is 5.26 Å². The Morgan fingerprint density at radius 2 is 1.84 bits per heavy atom. The van der Waals surface area contributed by atoms with Crippen molar-refractivity contribution in [3.8, 4) is 6.07 Å². The van der Waals surface area contributed by atoms with E-state index < -0.39 is 0 Å². The molecular weight excluding hydrogens is 236 g/mol. The van der Waals surface area contributed by atoms with E-state index in [1.807, 2.05) is 18.7 Å². The second kappa shape index (κ2) is 6.93. The van der Waals surface area contributed by atoms with Crippen molar-refractivity contribution in [2.75, 3.05) is 6.54 Å². The second-order valence-corrected chi connectivity index (χ2v) is 6.59. The van der Waals surface area contributed by atoms with Crippen LogP contribution in [0.3, 0.4) is 0 Å². The van der Waals surface area contributed by atoms with Crippen LogP contribution in [0.2, 0.25) is 0 Å². The van der Waals surface area contributed by atoms with Crippen molar-refractivity contribution in [2.45, 2.75) is 72.3 Å². The molecule has 0 aromatic heterocycles. The van der Waals surface area contributed by atoms with Gasteiger partial charge in [0.05, 0.1) is 12.5 Å². The Morgan fingerprint density at radius 1 is 1.26 bits per heavy atom. The van der Waals surface area contributed by atoms with Gasteiger partial charge >= 0.3 is 0 Å². The fraction of sp³-hybridized carbons (Fsp3) is 0.875. The molecule has 108 valence electrons. The lowest BCUT2D eigenvalue weighted by atomic mass is 9.77. The highest BCUT2D eigenvalue weighted by molar-refractivity contribution is 5.83. The van der Waals surface area contributed by atoms with Crippen molar-refractivity contribution in [1.82, 2.24) is 4.90 Å². The van der Waals surface area contributed by atoms with E-state index in [0.717, 1.165) is 19.3 Å². The third-order valence-corrected chi connectivity index (χ3v) is 4.16. The minimum atomic E-state index is -0.145. The predicted molar refractivity (Wildman–Crippen MR) is 77.4 cm³/mol. The van der Waals surface area contributed by atoms with Crippen molar-refractivity contribution in [2.24, 2.45) is 11.3 Å². The number of carbonyl (C=O) groups excluding carboxylic acids is 1. The topological polar surface area (TPSA) is 44.1 Å². The first kappa shape index (κ1) is 16.0. The van der Waals surface area contributed by atoms with Gasteiger partial charge in [0.15, 0.2) is 0 Å². The van der Waals surface area contributed by atoms with Crippen molar-refractivity contribution in [3.05, 3.63) is 0 Å². The molecule has 1 aliphatic carbocycles. The number of nitriles is 1. The average Bonchev–Trinajstić information content (AvgIpc) is 2.77. The van der Waals surface area contributed by atoms with Crippen LogP contribution in [0.25, 0.3) is 0 Å². The van der Waals surface area contributed by atoms with Gasteiger partial charge in [-0.25, -0.2) is 0 Å². The smallest absolute Gasteiger partial charge is 0.229 e. The summed E-state index contributed by atoms with van der Waals surface area (Å²) in [6.45, 7) is 9.07. The van der Waals surface area contributed by atoms with Crippen LogP contribution in [0.4, 0.5) is 0 Å². The molecule has 1 saturated carbocycles. The lowest BCUT2D eigenvalue weighted by Gasteiger charge is -2.37. The molecule has 0 aliphatic heterocycles. The molecule has 0 radical (unpaired) electrons. The van der Waals surface area contributed by atoms with E-state index in [1.54, 1.807) is 0 Å². The molecule has 1 fully saturated rings. The highest BCUT2D eigenvalue weighted by atomic mass is 16.2. The number of carbonyl (C=O) groups is 1. The first-order valence-corrected chi connectivity index (χ1v) is 7.61. The molecule has 0 heterocycles. The van der Waals surface area contributed by atoms with E-state index in [2.05, 4.69) is 19.9 Å². The summed E-state index contributed by atoms with van der Waals surface area (Å²) in [5.74, 6) is 0.843. The third kappa shape index (κ3) is 3.96. The highest BCUT2D eigenvalue weighted by Crippen LogP contribution is 2.44. The van der Waals surface area contributed by atoms with Crippen LogP contribution in [-0.4, -0.2) is 23.4 Å². The van der Waals surface area contributed by atoms with Gasteiger partial charge in [-0.3, -0.25) is 4.79 Å². The number of rotatable bonds is 6. The largest absolute Gasteiger partial charge is 0.339 e. The average molecular weight is 264 g/mol. The molecule has 1 amide bonds. The molecule has 0 aromatic carbocycles. The third-order valence-electron chi connectivity index (χ3n) is 4.16. The zero-order valence-corrected chi connectivity index (χ0v) is 12.9. The maximum Gasteiger partial charge on any atom is 0.229 e. The fourth-order valence-electron chi connectivity index (χ4n) is 3.41. The number of nitrogens with zero attached hydrogens (tertiary/aromatic N) is 2. The molecule has 0 unspecified atom stereocenters. The Kier molecular flexibility index (Phi) is 5.85. The van der Waals surface area contributed by atoms with E-state index in [-0.39, 0.29) is 11.5 Å². The first-order valence-electron chi connectivity index (χ1n) is 7.61. The maximum absolute atomic E-state index is 13.0. The zero-order chi connectivity index (χ0) is 14.5. The minimum Gasteiger partial charge on any atom is -0.339 e. The number of hydrogen-bond donors (Lipinski definition) is 0. The lowest BCUT2D eigenvalue weighted by molar-refractivity contribution is -0.144. The molecule has 0 bridgehead atoms. The van der Waals surface area contributed by atoms with E-state index in [4.69, 9.17) is 5.26 Å². The summed E-state index contributed by atoms with van der Waals surface area (Å²) in [5, 5.41) is 8.77. The minimum absolute atomic E-state index is 0.145.